The summed E-state index contributed by atoms with van der Waals surface area (Å²) >= 11 is 1.58. The van der Waals surface area contributed by atoms with Crippen LogP contribution in [0.15, 0.2) is 30.6 Å². The lowest BCUT2D eigenvalue weighted by Gasteiger charge is -2.37. The standard InChI is InChI=1S/C23H24N4O5S/c1-14-15(2)33-22-20(14)21(24-13-25-22)31-12-19(28)26-7-9-27(10-8-26)23(29)18-11-30-16-5-3-4-6-17(16)32-18/h3-6,13,18H,7-12H2,1-2H3/t18-/m0/s1. The van der Waals surface area contributed by atoms with Gasteiger partial charge in [0.15, 0.2) is 18.1 Å². The van der Waals surface area contributed by atoms with Gasteiger partial charge in [0.2, 0.25) is 12.0 Å². The summed E-state index contributed by atoms with van der Waals surface area (Å²) < 4.78 is 17.3. The summed E-state index contributed by atoms with van der Waals surface area (Å²) in [6.07, 6.45) is 0.778. The molecule has 2 amide bonds. The summed E-state index contributed by atoms with van der Waals surface area (Å²) in [6, 6.07) is 7.31. The van der Waals surface area contributed by atoms with Crippen molar-refractivity contribution < 1.29 is 23.8 Å². The van der Waals surface area contributed by atoms with Gasteiger partial charge in [0.1, 0.15) is 17.8 Å². The van der Waals surface area contributed by atoms with Crippen molar-refractivity contribution in [3.8, 4) is 17.4 Å². The second kappa shape index (κ2) is 8.86. The number of carbonyl (C=O) groups is 2. The fourth-order valence-corrected chi connectivity index (χ4v) is 4.99. The van der Waals surface area contributed by atoms with E-state index in [1.165, 1.54) is 6.33 Å². The summed E-state index contributed by atoms with van der Waals surface area (Å²) in [4.78, 5) is 39.6. The number of fused-ring (bicyclic) bond motifs is 2. The van der Waals surface area contributed by atoms with Crippen molar-refractivity contribution in [2.24, 2.45) is 0 Å². The minimum Gasteiger partial charge on any atom is -0.485 e. The van der Waals surface area contributed by atoms with Gasteiger partial charge in [-0.15, -0.1) is 11.3 Å². The number of hydrogen-bond donors (Lipinski definition) is 0. The number of ether oxygens (including phenoxy) is 3. The molecule has 0 aliphatic carbocycles. The molecule has 0 unspecified atom stereocenters. The highest BCUT2D eigenvalue weighted by molar-refractivity contribution is 7.18. The van der Waals surface area contributed by atoms with Crippen molar-refractivity contribution in [3.63, 3.8) is 0 Å². The first-order chi connectivity index (χ1) is 16.0. The van der Waals surface area contributed by atoms with E-state index in [4.69, 9.17) is 14.2 Å². The van der Waals surface area contributed by atoms with Gasteiger partial charge in [-0.1, -0.05) is 12.1 Å². The van der Waals surface area contributed by atoms with Gasteiger partial charge in [-0.25, -0.2) is 9.97 Å². The third kappa shape index (κ3) is 4.18. The molecule has 0 radical (unpaired) electrons. The molecular weight excluding hydrogens is 444 g/mol. The van der Waals surface area contributed by atoms with E-state index in [0.717, 1.165) is 20.7 Å². The van der Waals surface area contributed by atoms with Gasteiger partial charge in [0, 0.05) is 31.1 Å². The van der Waals surface area contributed by atoms with Gasteiger partial charge in [-0.2, -0.15) is 0 Å². The normalized spacial score (nSPS) is 17.8. The Kier molecular flexibility index (Phi) is 5.76. The predicted octanol–water partition coefficient (Wildman–Crippen LogP) is 2.20. The first kappa shape index (κ1) is 21.4. The van der Waals surface area contributed by atoms with Crippen LogP contribution in [-0.2, 0) is 9.59 Å². The Morgan fingerprint density at radius 3 is 2.61 bits per heavy atom. The summed E-state index contributed by atoms with van der Waals surface area (Å²) in [5.41, 5.74) is 1.07. The van der Waals surface area contributed by atoms with Crippen LogP contribution < -0.4 is 14.2 Å². The average Bonchev–Trinajstić information content (AvgIpc) is 3.15. The van der Waals surface area contributed by atoms with E-state index in [-0.39, 0.29) is 25.0 Å². The van der Waals surface area contributed by atoms with Crippen LogP contribution in [0.2, 0.25) is 0 Å². The number of amides is 2. The van der Waals surface area contributed by atoms with Crippen LogP contribution in [0.1, 0.15) is 10.4 Å². The van der Waals surface area contributed by atoms with Gasteiger partial charge < -0.3 is 24.0 Å². The second-order valence-corrected chi connectivity index (χ2v) is 9.20. The largest absolute Gasteiger partial charge is 0.485 e. The van der Waals surface area contributed by atoms with E-state index in [2.05, 4.69) is 9.97 Å². The molecule has 3 aromatic rings. The van der Waals surface area contributed by atoms with Crippen LogP contribution >= 0.6 is 11.3 Å². The van der Waals surface area contributed by atoms with Crippen molar-refractivity contribution >= 4 is 33.4 Å². The molecule has 2 aromatic heterocycles. The van der Waals surface area contributed by atoms with E-state index < -0.39 is 6.10 Å². The van der Waals surface area contributed by atoms with Crippen molar-refractivity contribution in [3.05, 3.63) is 41.0 Å². The van der Waals surface area contributed by atoms with Crippen LogP contribution in [0.3, 0.4) is 0 Å². The minimum atomic E-state index is -0.678. The highest BCUT2D eigenvalue weighted by Gasteiger charge is 2.33. The predicted molar refractivity (Wildman–Crippen MR) is 122 cm³/mol. The maximum Gasteiger partial charge on any atom is 0.267 e. The highest BCUT2D eigenvalue weighted by atomic mass is 32.1. The van der Waals surface area contributed by atoms with Crippen molar-refractivity contribution in [2.75, 3.05) is 39.4 Å². The van der Waals surface area contributed by atoms with Gasteiger partial charge in [0.05, 0.1) is 5.39 Å². The molecule has 1 atom stereocenters. The minimum absolute atomic E-state index is 0.106. The molecule has 10 heteroatoms. The fourth-order valence-electron chi connectivity index (χ4n) is 4.00. The highest BCUT2D eigenvalue weighted by Crippen LogP contribution is 2.34. The van der Waals surface area contributed by atoms with Crippen LogP contribution in [-0.4, -0.2) is 77.1 Å². The maximum absolute atomic E-state index is 12.9. The number of para-hydroxylation sites is 2. The molecule has 5 rings (SSSR count). The Bertz CT molecular complexity index is 1200. The van der Waals surface area contributed by atoms with E-state index >= 15 is 0 Å². The number of nitrogens with zero attached hydrogens (tertiary/aromatic N) is 4. The first-order valence-corrected chi connectivity index (χ1v) is 11.6. The van der Waals surface area contributed by atoms with Crippen LogP contribution in [0, 0.1) is 13.8 Å². The molecule has 0 saturated carbocycles. The lowest BCUT2D eigenvalue weighted by molar-refractivity contribution is -0.146. The van der Waals surface area contributed by atoms with E-state index in [0.29, 0.717) is 43.6 Å². The SMILES string of the molecule is Cc1sc2ncnc(OCC(=O)N3CCN(C(=O)[C@@H]4COc5ccccc5O4)CC3)c2c1C. The molecule has 0 N–H and O–H groups in total. The number of piperazine rings is 1. The average molecular weight is 469 g/mol. The number of aromatic nitrogens is 2. The molecule has 2 aliphatic heterocycles. The molecule has 1 fully saturated rings. The van der Waals surface area contributed by atoms with Crippen LogP contribution in [0.5, 0.6) is 17.4 Å². The Morgan fingerprint density at radius 1 is 1.09 bits per heavy atom. The summed E-state index contributed by atoms with van der Waals surface area (Å²) in [5.74, 6) is 1.39. The Morgan fingerprint density at radius 2 is 1.82 bits per heavy atom. The third-order valence-electron chi connectivity index (χ3n) is 5.99. The number of hydrogen-bond acceptors (Lipinski definition) is 8. The third-order valence-corrected chi connectivity index (χ3v) is 7.11. The van der Waals surface area contributed by atoms with E-state index in [1.54, 1.807) is 27.2 Å². The van der Waals surface area contributed by atoms with Gasteiger partial charge in [-0.05, 0) is 31.5 Å². The van der Waals surface area contributed by atoms with Crippen LogP contribution in [0.4, 0.5) is 0 Å². The first-order valence-electron chi connectivity index (χ1n) is 10.8. The van der Waals surface area contributed by atoms with Gasteiger partial charge in [-0.3, -0.25) is 9.59 Å². The van der Waals surface area contributed by atoms with E-state index in [9.17, 15) is 9.59 Å². The van der Waals surface area contributed by atoms with Gasteiger partial charge in [0.25, 0.3) is 11.8 Å². The van der Waals surface area contributed by atoms with Crippen molar-refractivity contribution in [1.82, 2.24) is 19.8 Å². The van der Waals surface area contributed by atoms with Gasteiger partial charge >= 0.3 is 0 Å². The topological polar surface area (TPSA) is 94.1 Å². The molecule has 33 heavy (non-hydrogen) atoms. The fraction of sp³-hybridized carbons (Fsp3) is 0.391. The van der Waals surface area contributed by atoms with E-state index in [1.807, 2.05) is 32.0 Å². The quantitative estimate of drug-likeness (QED) is 0.579. The molecule has 172 valence electrons. The summed E-state index contributed by atoms with van der Waals surface area (Å²) in [5, 5.41) is 0.861. The zero-order valence-electron chi connectivity index (χ0n) is 18.4. The smallest absolute Gasteiger partial charge is 0.267 e. The van der Waals surface area contributed by atoms with Crippen LogP contribution in [0.25, 0.3) is 10.2 Å². The second-order valence-electron chi connectivity index (χ2n) is 8.00. The molecule has 2 aliphatic rings. The number of carbonyl (C=O) groups excluding carboxylic acids is 2. The number of thiophene rings is 1. The Balaban J connectivity index is 1.15. The number of benzene rings is 1. The molecule has 0 spiro atoms. The molecule has 1 aromatic carbocycles. The zero-order chi connectivity index (χ0) is 22.9. The summed E-state index contributed by atoms with van der Waals surface area (Å²) in [6.45, 7) is 5.85. The number of aryl methyl sites for hydroxylation is 2. The molecule has 4 heterocycles. The Labute approximate surface area is 194 Å². The molecule has 1 saturated heterocycles. The molecular formula is C23H24N4O5S. The molecule has 0 bridgehead atoms. The Hall–Kier alpha value is -3.40. The number of rotatable bonds is 4. The lowest BCUT2D eigenvalue weighted by Crippen LogP contribution is -2.55. The zero-order valence-corrected chi connectivity index (χ0v) is 19.3. The summed E-state index contributed by atoms with van der Waals surface area (Å²) in [7, 11) is 0. The van der Waals surface area contributed by atoms with Crippen molar-refractivity contribution in [1.29, 1.82) is 0 Å². The van der Waals surface area contributed by atoms with Crippen molar-refractivity contribution in [2.45, 2.75) is 20.0 Å². The maximum atomic E-state index is 12.9. The monoisotopic (exact) mass is 468 g/mol. The lowest BCUT2D eigenvalue weighted by atomic mass is 10.2. The molecule has 9 nitrogen and oxygen atoms in total.